The van der Waals surface area contributed by atoms with Crippen LogP contribution in [-0.4, -0.2) is 16.7 Å². The van der Waals surface area contributed by atoms with Gasteiger partial charge in [0.1, 0.15) is 5.76 Å². The molecular formula is C20H18FN3O2. The molecule has 4 rings (SSSR count). The van der Waals surface area contributed by atoms with Crippen molar-refractivity contribution in [3.8, 4) is 5.75 Å². The average Bonchev–Trinajstić information content (AvgIpc) is 3.28. The molecule has 2 heterocycles. The highest BCUT2D eigenvalue weighted by Gasteiger charge is 2.12. The minimum absolute atomic E-state index is 0.236. The average molecular weight is 351 g/mol. The maximum Gasteiger partial charge on any atom is 0.204 e. The summed E-state index contributed by atoms with van der Waals surface area (Å²) in [5, 5.41) is 3.30. The number of hydrogen-bond acceptors (Lipinski definition) is 4. The summed E-state index contributed by atoms with van der Waals surface area (Å²) < 4.78 is 26.4. The Morgan fingerprint density at radius 3 is 2.81 bits per heavy atom. The van der Waals surface area contributed by atoms with Crippen molar-refractivity contribution in [1.82, 2.24) is 9.55 Å². The Morgan fingerprint density at radius 2 is 2.04 bits per heavy atom. The number of rotatable bonds is 6. The van der Waals surface area contributed by atoms with Gasteiger partial charge in [0.25, 0.3) is 0 Å². The van der Waals surface area contributed by atoms with Gasteiger partial charge in [-0.15, -0.1) is 0 Å². The first-order chi connectivity index (χ1) is 12.7. The Hall–Kier alpha value is -3.28. The highest BCUT2D eigenvalue weighted by Crippen LogP contribution is 2.24. The van der Waals surface area contributed by atoms with Gasteiger partial charge in [0.2, 0.25) is 5.95 Å². The number of hydrogen-bond donors (Lipinski definition) is 1. The van der Waals surface area contributed by atoms with Crippen LogP contribution in [0.15, 0.2) is 65.3 Å². The molecule has 132 valence electrons. The monoisotopic (exact) mass is 351 g/mol. The fraction of sp³-hybridized carbons (Fsp3) is 0.150. The molecule has 0 aliphatic rings. The fourth-order valence-electron chi connectivity index (χ4n) is 2.94. The van der Waals surface area contributed by atoms with E-state index in [4.69, 9.17) is 9.15 Å². The van der Waals surface area contributed by atoms with Crippen LogP contribution in [0.3, 0.4) is 0 Å². The van der Waals surface area contributed by atoms with Crippen molar-refractivity contribution in [2.75, 3.05) is 12.4 Å². The zero-order chi connectivity index (χ0) is 17.9. The molecular weight excluding hydrogens is 333 g/mol. The third-order valence-corrected chi connectivity index (χ3v) is 4.21. The number of anilines is 1. The van der Waals surface area contributed by atoms with E-state index in [0.29, 0.717) is 19.0 Å². The lowest BCUT2D eigenvalue weighted by Crippen LogP contribution is -2.08. The van der Waals surface area contributed by atoms with Crippen LogP contribution >= 0.6 is 0 Å². The summed E-state index contributed by atoms with van der Waals surface area (Å²) in [5.41, 5.74) is 2.68. The predicted octanol–water partition coefficient (Wildman–Crippen LogP) is 4.44. The van der Waals surface area contributed by atoms with Gasteiger partial charge in [0, 0.05) is 0 Å². The number of para-hydroxylation sites is 2. The summed E-state index contributed by atoms with van der Waals surface area (Å²) in [6.45, 7) is 1.01. The molecule has 0 aliphatic carbocycles. The van der Waals surface area contributed by atoms with Gasteiger partial charge in [0.05, 0.1) is 37.5 Å². The Kier molecular flexibility index (Phi) is 4.31. The van der Waals surface area contributed by atoms with E-state index in [-0.39, 0.29) is 11.6 Å². The van der Waals surface area contributed by atoms with Crippen molar-refractivity contribution in [3.05, 3.63) is 78.0 Å². The maximum atomic E-state index is 14.0. The largest absolute Gasteiger partial charge is 0.494 e. The zero-order valence-corrected chi connectivity index (χ0v) is 14.3. The van der Waals surface area contributed by atoms with Crippen molar-refractivity contribution in [3.63, 3.8) is 0 Å². The number of furan rings is 1. The second-order valence-corrected chi connectivity index (χ2v) is 5.91. The molecule has 6 heteroatoms. The molecule has 0 atom stereocenters. The maximum absolute atomic E-state index is 14.0. The van der Waals surface area contributed by atoms with Crippen LogP contribution < -0.4 is 10.1 Å². The molecule has 0 aliphatic heterocycles. The van der Waals surface area contributed by atoms with Gasteiger partial charge >= 0.3 is 0 Å². The van der Waals surface area contributed by atoms with Crippen LogP contribution in [0.25, 0.3) is 11.0 Å². The minimum Gasteiger partial charge on any atom is -0.494 e. The molecule has 26 heavy (non-hydrogen) atoms. The Bertz CT molecular complexity index is 1020. The highest BCUT2D eigenvalue weighted by molar-refractivity contribution is 5.78. The summed E-state index contributed by atoms with van der Waals surface area (Å²) in [7, 11) is 1.46. The van der Waals surface area contributed by atoms with Crippen molar-refractivity contribution < 1.29 is 13.5 Å². The van der Waals surface area contributed by atoms with Crippen LogP contribution in [0.1, 0.15) is 11.3 Å². The van der Waals surface area contributed by atoms with E-state index in [1.807, 2.05) is 47.0 Å². The van der Waals surface area contributed by atoms with Crippen LogP contribution in [0.5, 0.6) is 5.75 Å². The summed E-state index contributed by atoms with van der Waals surface area (Å²) in [6.07, 6.45) is 1.64. The summed E-state index contributed by atoms with van der Waals surface area (Å²) >= 11 is 0. The number of methoxy groups -OCH3 is 1. The van der Waals surface area contributed by atoms with Crippen molar-refractivity contribution >= 4 is 17.0 Å². The topological polar surface area (TPSA) is 52.2 Å². The normalized spacial score (nSPS) is 11.0. The number of nitrogens with one attached hydrogen (secondary N) is 1. The number of ether oxygens (including phenoxy) is 1. The number of fused-ring (bicyclic) bond motifs is 1. The summed E-state index contributed by atoms with van der Waals surface area (Å²) in [4.78, 5) is 4.66. The second-order valence-electron chi connectivity index (χ2n) is 5.91. The van der Waals surface area contributed by atoms with E-state index in [0.717, 1.165) is 22.4 Å². The van der Waals surface area contributed by atoms with Gasteiger partial charge in [0.15, 0.2) is 11.6 Å². The lowest BCUT2D eigenvalue weighted by atomic mass is 10.2. The predicted molar refractivity (Wildman–Crippen MR) is 97.8 cm³/mol. The molecule has 0 saturated carbocycles. The fourth-order valence-corrected chi connectivity index (χ4v) is 2.94. The van der Waals surface area contributed by atoms with Gasteiger partial charge in [-0.25, -0.2) is 9.37 Å². The number of aromatic nitrogens is 2. The Morgan fingerprint density at radius 1 is 1.15 bits per heavy atom. The first-order valence-electron chi connectivity index (χ1n) is 8.28. The first kappa shape index (κ1) is 16.2. The third-order valence-electron chi connectivity index (χ3n) is 4.21. The van der Waals surface area contributed by atoms with Gasteiger partial charge in [-0.05, 0) is 42.0 Å². The summed E-state index contributed by atoms with van der Waals surface area (Å²) in [6, 6.07) is 16.6. The SMILES string of the molecule is COc1ccc(Cn2c(NCc3ccco3)nc3ccccc32)cc1F. The molecule has 2 aromatic heterocycles. The number of nitrogens with zero attached hydrogens (tertiary/aromatic N) is 2. The van der Waals surface area contributed by atoms with Gasteiger partial charge in [-0.3, -0.25) is 0 Å². The molecule has 0 saturated heterocycles. The molecule has 0 unspecified atom stereocenters. The Balaban J connectivity index is 1.67. The summed E-state index contributed by atoms with van der Waals surface area (Å²) in [5.74, 6) is 1.39. The molecule has 1 N–H and O–H groups in total. The van der Waals surface area contributed by atoms with Crippen molar-refractivity contribution in [1.29, 1.82) is 0 Å². The molecule has 4 aromatic rings. The smallest absolute Gasteiger partial charge is 0.204 e. The molecule has 0 bridgehead atoms. The molecule has 0 amide bonds. The van der Waals surface area contributed by atoms with Crippen LogP contribution in [0, 0.1) is 5.82 Å². The molecule has 5 nitrogen and oxygen atoms in total. The quantitative estimate of drug-likeness (QED) is 0.558. The number of halogens is 1. The lowest BCUT2D eigenvalue weighted by Gasteiger charge is -2.11. The van der Waals surface area contributed by atoms with Crippen molar-refractivity contribution in [2.24, 2.45) is 0 Å². The van der Waals surface area contributed by atoms with E-state index < -0.39 is 0 Å². The van der Waals surface area contributed by atoms with E-state index in [2.05, 4.69) is 10.3 Å². The highest BCUT2D eigenvalue weighted by atomic mass is 19.1. The first-order valence-corrected chi connectivity index (χ1v) is 8.28. The third kappa shape index (κ3) is 3.13. The Labute approximate surface area is 150 Å². The standard InChI is InChI=1S/C20H18FN3O2/c1-25-19-9-8-14(11-16(19)21)13-24-18-7-3-2-6-17(18)23-20(24)22-12-15-5-4-10-26-15/h2-11H,12-13H2,1H3,(H,22,23). The molecule has 0 fully saturated rings. The lowest BCUT2D eigenvalue weighted by molar-refractivity contribution is 0.386. The molecule has 0 spiro atoms. The van der Waals surface area contributed by atoms with Crippen LogP contribution in [0.2, 0.25) is 0 Å². The van der Waals surface area contributed by atoms with Gasteiger partial charge in [-0.1, -0.05) is 18.2 Å². The number of imidazole rings is 1. The van der Waals surface area contributed by atoms with Crippen LogP contribution in [0.4, 0.5) is 10.3 Å². The van der Waals surface area contributed by atoms with E-state index in [9.17, 15) is 4.39 Å². The molecule has 0 radical (unpaired) electrons. The van der Waals surface area contributed by atoms with E-state index in [1.165, 1.54) is 13.2 Å². The van der Waals surface area contributed by atoms with Gasteiger partial charge in [-0.2, -0.15) is 0 Å². The van der Waals surface area contributed by atoms with Gasteiger partial charge < -0.3 is 19.0 Å². The van der Waals surface area contributed by atoms with E-state index >= 15 is 0 Å². The van der Waals surface area contributed by atoms with Crippen LogP contribution in [-0.2, 0) is 13.1 Å². The minimum atomic E-state index is -0.375. The second kappa shape index (κ2) is 6.92. The van der Waals surface area contributed by atoms with Crippen molar-refractivity contribution in [2.45, 2.75) is 13.1 Å². The number of benzene rings is 2. The van der Waals surface area contributed by atoms with E-state index in [1.54, 1.807) is 12.3 Å². The zero-order valence-electron chi connectivity index (χ0n) is 14.3. The molecule has 2 aromatic carbocycles.